The minimum atomic E-state index is 0.444. The third-order valence-electron chi connectivity index (χ3n) is 3.23. The molecule has 0 aliphatic carbocycles. The van der Waals surface area contributed by atoms with Crippen molar-refractivity contribution in [3.05, 3.63) is 65.1 Å². The second kappa shape index (κ2) is 5.47. The summed E-state index contributed by atoms with van der Waals surface area (Å²) in [6, 6.07) is 14.2. The minimum absolute atomic E-state index is 0.444. The van der Waals surface area contributed by atoms with Crippen LogP contribution in [0.1, 0.15) is 11.1 Å². The van der Waals surface area contributed by atoms with E-state index in [0.717, 1.165) is 28.6 Å². The van der Waals surface area contributed by atoms with Gasteiger partial charge in [0.25, 0.3) is 0 Å². The fraction of sp³-hybridized carbons (Fsp3) is 0.125. The molecule has 0 saturated carbocycles. The number of ether oxygens (including phenoxy) is 1. The van der Waals surface area contributed by atoms with E-state index in [1.807, 2.05) is 30.3 Å². The van der Waals surface area contributed by atoms with Crippen LogP contribution >= 0.6 is 11.6 Å². The Balaban J connectivity index is 2.10. The van der Waals surface area contributed by atoms with Crippen LogP contribution in [0.25, 0.3) is 10.9 Å². The van der Waals surface area contributed by atoms with Gasteiger partial charge >= 0.3 is 0 Å². The second-order valence-electron chi connectivity index (χ2n) is 4.51. The number of aromatic nitrogens is 2. The van der Waals surface area contributed by atoms with Crippen molar-refractivity contribution in [3.8, 4) is 5.75 Å². The predicted molar refractivity (Wildman–Crippen MR) is 80.3 cm³/mol. The van der Waals surface area contributed by atoms with Crippen LogP contribution in [0.4, 0.5) is 0 Å². The molecule has 4 heteroatoms. The molecule has 2 aromatic carbocycles. The summed E-state index contributed by atoms with van der Waals surface area (Å²) in [5.41, 5.74) is 3.14. The van der Waals surface area contributed by atoms with Crippen molar-refractivity contribution >= 4 is 22.5 Å². The highest BCUT2D eigenvalue weighted by Gasteiger charge is 2.09. The van der Waals surface area contributed by atoms with E-state index in [1.165, 1.54) is 11.9 Å². The highest BCUT2D eigenvalue weighted by molar-refractivity contribution is 6.34. The zero-order valence-corrected chi connectivity index (χ0v) is 11.8. The molecule has 0 spiro atoms. The van der Waals surface area contributed by atoms with E-state index < -0.39 is 0 Å². The Morgan fingerprint density at radius 2 is 1.90 bits per heavy atom. The van der Waals surface area contributed by atoms with Gasteiger partial charge in [0.05, 0.1) is 12.6 Å². The summed E-state index contributed by atoms with van der Waals surface area (Å²) in [7, 11) is 1.66. The van der Waals surface area contributed by atoms with Crippen molar-refractivity contribution < 1.29 is 4.74 Å². The lowest BCUT2D eigenvalue weighted by atomic mass is 10.0. The van der Waals surface area contributed by atoms with Gasteiger partial charge in [-0.25, -0.2) is 9.97 Å². The molecule has 0 saturated heterocycles. The molecule has 3 aromatic rings. The van der Waals surface area contributed by atoms with Crippen LogP contribution in [0.3, 0.4) is 0 Å². The van der Waals surface area contributed by atoms with E-state index in [2.05, 4.69) is 22.1 Å². The van der Waals surface area contributed by atoms with Crippen LogP contribution in [0.5, 0.6) is 5.75 Å². The Kier molecular flexibility index (Phi) is 3.52. The molecular formula is C16H13ClN2O. The minimum Gasteiger partial charge on any atom is -0.496 e. The van der Waals surface area contributed by atoms with E-state index in [9.17, 15) is 0 Å². The SMILES string of the molecule is COc1cc2c(Cl)ncnc2cc1Cc1ccccc1. The van der Waals surface area contributed by atoms with Crippen molar-refractivity contribution in [1.82, 2.24) is 9.97 Å². The molecule has 3 rings (SSSR count). The normalized spacial score (nSPS) is 10.7. The molecule has 100 valence electrons. The lowest BCUT2D eigenvalue weighted by molar-refractivity contribution is 0.411. The summed E-state index contributed by atoms with van der Waals surface area (Å²) < 4.78 is 5.47. The van der Waals surface area contributed by atoms with E-state index in [1.54, 1.807) is 7.11 Å². The molecule has 0 bridgehead atoms. The highest BCUT2D eigenvalue weighted by atomic mass is 35.5. The molecule has 0 unspecified atom stereocenters. The van der Waals surface area contributed by atoms with Crippen molar-refractivity contribution in [2.75, 3.05) is 7.11 Å². The molecular weight excluding hydrogens is 272 g/mol. The van der Waals surface area contributed by atoms with Crippen LogP contribution in [0.2, 0.25) is 5.15 Å². The van der Waals surface area contributed by atoms with Gasteiger partial charge in [-0.2, -0.15) is 0 Å². The monoisotopic (exact) mass is 284 g/mol. The maximum Gasteiger partial charge on any atom is 0.140 e. The number of hydrogen-bond donors (Lipinski definition) is 0. The molecule has 3 nitrogen and oxygen atoms in total. The number of benzene rings is 2. The number of rotatable bonds is 3. The summed E-state index contributed by atoms with van der Waals surface area (Å²) >= 11 is 6.09. The zero-order valence-electron chi connectivity index (χ0n) is 11.0. The Hall–Kier alpha value is -2.13. The summed E-state index contributed by atoms with van der Waals surface area (Å²) in [5, 5.41) is 1.25. The van der Waals surface area contributed by atoms with E-state index >= 15 is 0 Å². The summed E-state index contributed by atoms with van der Waals surface area (Å²) in [5.74, 6) is 0.804. The number of halogens is 1. The van der Waals surface area contributed by atoms with Gasteiger partial charge in [0, 0.05) is 17.4 Å². The van der Waals surface area contributed by atoms with Crippen molar-refractivity contribution in [2.45, 2.75) is 6.42 Å². The fourth-order valence-electron chi connectivity index (χ4n) is 2.24. The zero-order chi connectivity index (χ0) is 13.9. The molecule has 1 aromatic heterocycles. The van der Waals surface area contributed by atoms with Crippen molar-refractivity contribution in [2.24, 2.45) is 0 Å². The van der Waals surface area contributed by atoms with Gasteiger partial charge in [0.15, 0.2) is 0 Å². The largest absolute Gasteiger partial charge is 0.496 e. The first-order valence-corrected chi connectivity index (χ1v) is 6.67. The first-order chi connectivity index (χ1) is 9.78. The van der Waals surface area contributed by atoms with Crippen LogP contribution in [-0.2, 0) is 6.42 Å². The predicted octanol–water partition coefficient (Wildman–Crippen LogP) is 3.88. The first kappa shape index (κ1) is 12.9. The van der Waals surface area contributed by atoms with Gasteiger partial charge in [-0.1, -0.05) is 41.9 Å². The Bertz CT molecular complexity index is 744. The topological polar surface area (TPSA) is 35.0 Å². The summed E-state index contributed by atoms with van der Waals surface area (Å²) in [6.07, 6.45) is 2.27. The average Bonchev–Trinajstić information content (AvgIpc) is 2.48. The molecule has 0 atom stereocenters. The standard InChI is InChI=1S/C16H13ClN2O/c1-20-15-9-13-14(18-10-19-16(13)17)8-12(15)7-11-5-3-2-4-6-11/h2-6,8-10H,7H2,1H3. The van der Waals surface area contributed by atoms with Gasteiger partial charge in [-0.15, -0.1) is 0 Å². The second-order valence-corrected chi connectivity index (χ2v) is 4.87. The van der Waals surface area contributed by atoms with Crippen molar-refractivity contribution in [1.29, 1.82) is 0 Å². The van der Waals surface area contributed by atoms with Gasteiger partial charge < -0.3 is 4.74 Å². The molecule has 20 heavy (non-hydrogen) atoms. The average molecular weight is 285 g/mol. The Morgan fingerprint density at radius 1 is 1.10 bits per heavy atom. The molecule has 1 heterocycles. The third kappa shape index (κ3) is 2.45. The highest BCUT2D eigenvalue weighted by Crippen LogP contribution is 2.29. The maximum atomic E-state index is 6.09. The van der Waals surface area contributed by atoms with Crippen LogP contribution < -0.4 is 4.74 Å². The maximum absolute atomic E-state index is 6.09. The van der Waals surface area contributed by atoms with Gasteiger partial charge in [0.1, 0.15) is 17.2 Å². The van der Waals surface area contributed by atoms with E-state index in [-0.39, 0.29) is 0 Å². The fourth-order valence-corrected chi connectivity index (χ4v) is 2.43. The lowest BCUT2D eigenvalue weighted by Gasteiger charge is -2.10. The Morgan fingerprint density at radius 3 is 2.65 bits per heavy atom. The summed E-state index contributed by atoms with van der Waals surface area (Å²) in [6.45, 7) is 0. The lowest BCUT2D eigenvalue weighted by Crippen LogP contribution is -1.96. The summed E-state index contributed by atoms with van der Waals surface area (Å²) in [4.78, 5) is 8.26. The van der Waals surface area contributed by atoms with Gasteiger partial charge in [-0.3, -0.25) is 0 Å². The van der Waals surface area contributed by atoms with Gasteiger partial charge in [0.2, 0.25) is 0 Å². The van der Waals surface area contributed by atoms with Crippen LogP contribution in [-0.4, -0.2) is 17.1 Å². The number of hydrogen-bond acceptors (Lipinski definition) is 3. The smallest absolute Gasteiger partial charge is 0.140 e. The molecule has 0 amide bonds. The number of nitrogens with zero attached hydrogens (tertiary/aromatic N) is 2. The van der Waals surface area contributed by atoms with Crippen LogP contribution in [0, 0.1) is 0 Å². The molecule has 0 radical (unpaired) electrons. The van der Waals surface area contributed by atoms with E-state index in [0.29, 0.717) is 5.15 Å². The molecule has 0 fully saturated rings. The molecule has 0 aliphatic rings. The van der Waals surface area contributed by atoms with E-state index in [4.69, 9.17) is 16.3 Å². The number of methoxy groups -OCH3 is 1. The third-order valence-corrected chi connectivity index (χ3v) is 3.53. The molecule has 0 aliphatic heterocycles. The molecule has 0 N–H and O–H groups in total. The van der Waals surface area contributed by atoms with Crippen molar-refractivity contribution in [3.63, 3.8) is 0 Å². The first-order valence-electron chi connectivity index (χ1n) is 6.29. The number of fused-ring (bicyclic) bond motifs is 1. The Labute approximate surface area is 122 Å². The van der Waals surface area contributed by atoms with Crippen LogP contribution in [0.15, 0.2) is 48.8 Å². The van der Waals surface area contributed by atoms with Gasteiger partial charge in [-0.05, 0) is 17.7 Å². The quantitative estimate of drug-likeness (QED) is 0.685.